The molecule has 0 N–H and O–H groups in total. The van der Waals surface area contributed by atoms with Crippen LogP contribution >= 0.6 is 0 Å². The third-order valence-corrected chi connectivity index (χ3v) is 4.27. The highest BCUT2D eigenvalue weighted by molar-refractivity contribution is 5.92. The van der Waals surface area contributed by atoms with E-state index in [1.54, 1.807) is 25.1 Å². The molecule has 1 aromatic rings. The molecule has 1 aliphatic carbocycles. The van der Waals surface area contributed by atoms with E-state index in [0.29, 0.717) is 17.1 Å². The zero-order valence-electron chi connectivity index (χ0n) is 14.5. The molecule has 2 rings (SSSR count). The maximum atomic E-state index is 12.8. The van der Waals surface area contributed by atoms with Crippen LogP contribution in [0.3, 0.4) is 0 Å². The van der Waals surface area contributed by atoms with Crippen LogP contribution in [0.5, 0.6) is 11.5 Å². The molecule has 1 saturated carbocycles. The van der Waals surface area contributed by atoms with Crippen LogP contribution in [-0.2, 0) is 4.79 Å². The van der Waals surface area contributed by atoms with Gasteiger partial charge in [-0.05, 0) is 37.8 Å². The number of rotatable bonds is 7. The fourth-order valence-corrected chi connectivity index (χ4v) is 2.75. The second-order valence-corrected chi connectivity index (χ2v) is 6.08. The summed E-state index contributed by atoms with van der Waals surface area (Å²) in [5.41, 5.74) is 0.557. The minimum absolute atomic E-state index is 0.144. The lowest BCUT2D eigenvalue weighted by Gasteiger charge is -2.29. The molecule has 1 fully saturated rings. The summed E-state index contributed by atoms with van der Waals surface area (Å²) >= 11 is 0. The molecular weight excluding hydrogens is 335 g/mol. The van der Waals surface area contributed by atoms with Crippen molar-refractivity contribution >= 4 is 12.0 Å². The van der Waals surface area contributed by atoms with Crippen LogP contribution in [0.15, 0.2) is 24.3 Å². The van der Waals surface area contributed by atoms with Crippen LogP contribution in [-0.4, -0.2) is 43.8 Å². The van der Waals surface area contributed by atoms with E-state index in [1.807, 2.05) is 0 Å². The van der Waals surface area contributed by atoms with Crippen molar-refractivity contribution < 1.29 is 27.4 Å². The van der Waals surface area contributed by atoms with Gasteiger partial charge in [-0.25, -0.2) is 0 Å². The van der Waals surface area contributed by atoms with Gasteiger partial charge in [0.25, 0.3) is 0 Å². The van der Waals surface area contributed by atoms with Crippen molar-refractivity contribution in [2.24, 2.45) is 5.92 Å². The second-order valence-electron chi connectivity index (χ2n) is 6.08. The average Bonchev–Trinajstić information content (AvgIpc) is 3.40. The van der Waals surface area contributed by atoms with Gasteiger partial charge in [-0.2, -0.15) is 13.2 Å². The molecular formula is C18H22F3NO3. The zero-order chi connectivity index (χ0) is 18.6. The summed E-state index contributed by atoms with van der Waals surface area (Å²) in [7, 11) is 2.95. The molecule has 0 unspecified atom stereocenters. The number of hydrogen-bond acceptors (Lipinski definition) is 3. The number of ether oxygens (including phenoxy) is 2. The molecule has 0 aliphatic heterocycles. The summed E-state index contributed by atoms with van der Waals surface area (Å²) in [5, 5.41) is 0. The molecule has 0 bridgehead atoms. The molecule has 0 radical (unpaired) electrons. The van der Waals surface area contributed by atoms with E-state index in [9.17, 15) is 18.0 Å². The summed E-state index contributed by atoms with van der Waals surface area (Å²) in [6.07, 6.45) is -0.110. The van der Waals surface area contributed by atoms with Crippen LogP contribution in [0.2, 0.25) is 0 Å². The van der Waals surface area contributed by atoms with E-state index < -0.39 is 24.7 Å². The van der Waals surface area contributed by atoms with Crippen molar-refractivity contribution in [3.63, 3.8) is 0 Å². The number of carbonyl (C=O) groups excluding carboxylic acids is 1. The second kappa shape index (κ2) is 7.80. The lowest BCUT2D eigenvalue weighted by Crippen LogP contribution is -2.44. The van der Waals surface area contributed by atoms with Gasteiger partial charge in [0, 0.05) is 17.7 Å². The number of hydrogen-bond donors (Lipinski definition) is 0. The fourth-order valence-electron chi connectivity index (χ4n) is 2.75. The van der Waals surface area contributed by atoms with Crippen molar-refractivity contribution in [2.45, 2.75) is 32.0 Å². The Hall–Kier alpha value is -2.18. The quantitative estimate of drug-likeness (QED) is 0.695. The minimum atomic E-state index is -4.43. The molecule has 4 nitrogen and oxygen atoms in total. The van der Waals surface area contributed by atoms with Crippen molar-refractivity contribution in [3.8, 4) is 11.5 Å². The van der Waals surface area contributed by atoms with E-state index in [2.05, 4.69) is 0 Å². The smallest absolute Gasteiger partial charge is 0.406 e. The van der Waals surface area contributed by atoms with Crippen molar-refractivity contribution in [1.82, 2.24) is 4.90 Å². The van der Waals surface area contributed by atoms with E-state index in [4.69, 9.17) is 9.47 Å². The number of benzene rings is 1. The zero-order valence-corrected chi connectivity index (χ0v) is 14.5. The van der Waals surface area contributed by atoms with E-state index in [0.717, 1.165) is 23.8 Å². The first-order valence-corrected chi connectivity index (χ1v) is 8.03. The third kappa shape index (κ3) is 5.14. The molecule has 138 valence electrons. The van der Waals surface area contributed by atoms with Crippen LogP contribution in [0.1, 0.15) is 25.3 Å². The summed E-state index contributed by atoms with van der Waals surface area (Å²) in [5.74, 6) is 0.384. The summed E-state index contributed by atoms with van der Waals surface area (Å²) in [6.45, 7) is 0.421. The molecule has 1 aliphatic rings. The Balaban J connectivity index is 2.21. The molecule has 0 saturated heterocycles. The topological polar surface area (TPSA) is 38.8 Å². The predicted octanol–water partition coefficient (Wildman–Crippen LogP) is 3.91. The number of alkyl halides is 3. The highest BCUT2D eigenvalue weighted by Crippen LogP contribution is 2.36. The fraction of sp³-hybridized carbons (Fsp3) is 0.500. The number of carbonyl (C=O) groups is 1. The van der Waals surface area contributed by atoms with Gasteiger partial charge in [-0.3, -0.25) is 4.79 Å². The number of methoxy groups -OCH3 is 2. The molecule has 0 spiro atoms. The highest BCUT2D eigenvalue weighted by atomic mass is 19.4. The Morgan fingerprint density at radius 3 is 2.52 bits per heavy atom. The van der Waals surface area contributed by atoms with Gasteiger partial charge in [0.15, 0.2) is 11.5 Å². The lowest BCUT2D eigenvalue weighted by atomic mass is 10.1. The maximum Gasteiger partial charge on any atom is 0.406 e. The van der Waals surface area contributed by atoms with Gasteiger partial charge in [0.05, 0.1) is 14.2 Å². The first-order chi connectivity index (χ1) is 11.8. The Bertz CT molecular complexity index is 639. The summed E-state index contributed by atoms with van der Waals surface area (Å²) in [6, 6.07) is 4.67. The van der Waals surface area contributed by atoms with Crippen LogP contribution < -0.4 is 9.47 Å². The van der Waals surface area contributed by atoms with Gasteiger partial charge in [-0.15, -0.1) is 0 Å². The van der Waals surface area contributed by atoms with Crippen molar-refractivity contribution in [1.29, 1.82) is 0 Å². The van der Waals surface area contributed by atoms with E-state index in [-0.39, 0.29) is 5.92 Å². The summed E-state index contributed by atoms with van der Waals surface area (Å²) < 4.78 is 48.9. The molecule has 25 heavy (non-hydrogen) atoms. The Kier molecular flexibility index (Phi) is 5.98. The number of amides is 1. The van der Waals surface area contributed by atoms with Gasteiger partial charge >= 0.3 is 6.18 Å². The maximum absolute atomic E-state index is 12.8. The molecule has 0 aromatic heterocycles. The van der Waals surface area contributed by atoms with Gasteiger partial charge in [-0.1, -0.05) is 12.1 Å². The minimum Gasteiger partial charge on any atom is -0.493 e. The Morgan fingerprint density at radius 1 is 1.32 bits per heavy atom. The molecule has 7 heteroatoms. The van der Waals surface area contributed by atoms with E-state index >= 15 is 0 Å². The molecule has 1 atom stereocenters. The standard InChI is InChI=1S/C18H22F3NO3/c1-12(13-7-8-13)22(11-18(19,20)21)16(23)10-9-14-5-4-6-15(24-2)17(14)25-3/h4-6,9-10,12-13H,7-8,11H2,1-3H3/b10-9+/t12-/m1/s1. The molecule has 1 aromatic carbocycles. The monoisotopic (exact) mass is 357 g/mol. The Morgan fingerprint density at radius 2 is 2.00 bits per heavy atom. The largest absolute Gasteiger partial charge is 0.493 e. The van der Waals surface area contributed by atoms with Crippen molar-refractivity contribution in [2.75, 3.05) is 20.8 Å². The number of para-hydroxylation sites is 1. The summed E-state index contributed by atoms with van der Waals surface area (Å²) in [4.78, 5) is 13.3. The number of halogens is 3. The Labute approximate surface area is 145 Å². The molecule has 1 amide bonds. The normalized spacial score (nSPS) is 15.9. The highest BCUT2D eigenvalue weighted by Gasteiger charge is 2.39. The van der Waals surface area contributed by atoms with Crippen LogP contribution in [0, 0.1) is 5.92 Å². The SMILES string of the molecule is COc1cccc(/C=C/C(=O)N(CC(F)(F)F)[C@H](C)C2CC2)c1OC. The third-order valence-electron chi connectivity index (χ3n) is 4.27. The van der Waals surface area contributed by atoms with E-state index in [1.165, 1.54) is 20.3 Å². The van der Waals surface area contributed by atoms with Gasteiger partial charge in [0.2, 0.25) is 5.91 Å². The molecule has 0 heterocycles. The number of nitrogens with zero attached hydrogens (tertiary/aromatic N) is 1. The van der Waals surface area contributed by atoms with Gasteiger partial charge < -0.3 is 14.4 Å². The average molecular weight is 357 g/mol. The first kappa shape index (κ1) is 19.1. The van der Waals surface area contributed by atoms with Gasteiger partial charge in [0.1, 0.15) is 6.54 Å². The lowest BCUT2D eigenvalue weighted by molar-refractivity contribution is -0.162. The first-order valence-electron chi connectivity index (χ1n) is 8.03. The van der Waals surface area contributed by atoms with Crippen molar-refractivity contribution in [3.05, 3.63) is 29.8 Å². The predicted molar refractivity (Wildman–Crippen MR) is 88.5 cm³/mol. The van der Waals surface area contributed by atoms with Crippen LogP contribution in [0.4, 0.5) is 13.2 Å². The van der Waals surface area contributed by atoms with Crippen LogP contribution in [0.25, 0.3) is 6.08 Å².